The van der Waals surface area contributed by atoms with Crippen LogP contribution in [0.1, 0.15) is 18.1 Å². The van der Waals surface area contributed by atoms with Crippen LogP contribution in [0, 0.1) is 0 Å². The van der Waals surface area contributed by atoms with E-state index in [0.717, 1.165) is 30.4 Å². The van der Waals surface area contributed by atoms with E-state index in [1.54, 1.807) is 12.1 Å². The number of alkyl halides is 3. The summed E-state index contributed by atoms with van der Waals surface area (Å²) in [5, 5.41) is 2.25. The molecule has 31 heavy (non-hydrogen) atoms. The summed E-state index contributed by atoms with van der Waals surface area (Å²) in [5.74, 6) is -0.108. The lowest BCUT2D eigenvalue weighted by Crippen LogP contribution is -2.41. The van der Waals surface area contributed by atoms with Crippen LogP contribution < -0.4 is 14.4 Å². The van der Waals surface area contributed by atoms with E-state index in [9.17, 15) is 26.4 Å². The van der Waals surface area contributed by atoms with Crippen molar-refractivity contribution in [2.75, 3.05) is 30.3 Å². The van der Waals surface area contributed by atoms with E-state index in [1.807, 2.05) is 19.1 Å². The third-order valence-corrected chi connectivity index (χ3v) is 5.70. The van der Waals surface area contributed by atoms with Crippen LogP contribution in [0.3, 0.4) is 0 Å². The standard InChI is InChI=1S/C20H22ClF3N2O4S/c1-3-14-4-7-16(8-5-14)30-11-10-25-19(27)13-26(31(2,28)29)18-12-15(20(22,23)24)6-9-17(18)21/h4-9,12H,3,10-11,13H2,1-2H3,(H,25,27). The molecule has 11 heteroatoms. The second-order valence-electron chi connectivity index (χ2n) is 6.63. The van der Waals surface area contributed by atoms with Crippen LogP contribution in [0.4, 0.5) is 18.9 Å². The normalized spacial score (nSPS) is 11.8. The first kappa shape index (κ1) is 24.8. The fourth-order valence-electron chi connectivity index (χ4n) is 2.63. The highest BCUT2D eigenvalue weighted by Crippen LogP contribution is 2.36. The van der Waals surface area contributed by atoms with Gasteiger partial charge in [-0.25, -0.2) is 8.42 Å². The summed E-state index contributed by atoms with van der Waals surface area (Å²) in [5.41, 5.74) is -0.361. The zero-order chi connectivity index (χ0) is 23.2. The number of sulfonamides is 1. The van der Waals surface area contributed by atoms with Crippen molar-refractivity contribution >= 4 is 33.2 Å². The smallest absolute Gasteiger partial charge is 0.416 e. The number of aryl methyl sites for hydroxylation is 1. The summed E-state index contributed by atoms with van der Waals surface area (Å²) in [6.07, 6.45) is -3.03. The Morgan fingerprint density at radius 1 is 1.16 bits per heavy atom. The largest absolute Gasteiger partial charge is 0.492 e. The number of ether oxygens (including phenoxy) is 1. The Morgan fingerprint density at radius 2 is 1.81 bits per heavy atom. The number of halogens is 4. The van der Waals surface area contributed by atoms with Crippen LogP contribution in [0.15, 0.2) is 42.5 Å². The van der Waals surface area contributed by atoms with Gasteiger partial charge in [0.1, 0.15) is 18.9 Å². The van der Waals surface area contributed by atoms with Crippen LogP contribution in [0.25, 0.3) is 0 Å². The minimum Gasteiger partial charge on any atom is -0.492 e. The lowest BCUT2D eigenvalue weighted by molar-refractivity contribution is -0.137. The monoisotopic (exact) mass is 478 g/mol. The lowest BCUT2D eigenvalue weighted by Gasteiger charge is -2.24. The number of rotatable bonds is 9. The van der Waals surface area contributed by atoms with E-state index < -0.39 is 39.9 Å². The summed E-state index contributed by atoms with van der Waals surface area (Å²) >= 11 is 5.92. The first-order valence-electron chi connectivity index (χ1n) is 9.24. The third kappa shape index (κ3) is 7.32. The topological polar surface area (TPSA) is 75.7 Å². The maximum atomic E-state index is 13.0. The number of hydrogen-bond donors (Lipinski definition) is 1. The van der Waals surface area contributed by atoms with E-state index in [4.69, 9.17) is 16.3 Å². The predicted molar refractivity (Wildman–Crippen MR) is 113 cm³/mol. The number of nitrogens with zero attached hydrogens (tertiary/aromatic N) is 1. The fraction of sp³-hybridized carbons (Fsp3) is 0.350. The Bertz CT molecular complexity index is 1010. The number of anilines is 1. The maximum Gasteiger partial charge on any atom is 0.416 e. The van der Waals surface area contributed by atoms with Crippen LogP contribution in [-0.2, 0) is 27.4 Å². The summed E-state index contributed by atoms with van der Waals surface area (Å²) in [6.45, 7) is 1.49. The van der Waals surface area contributed by atoms with Gasteiger partial charge in [0.05, 0.1) is 29.1 Å². The number of carbonyl (C=O) groups is 1. The second kappa shape index (κ2) is 10.2. The molecule has 0 bridgehead atoms. The molecule has 0 spiro atoms. The van der Waals surface area contributed by atoms with Gasteiger partial charge in [-0.05, 0) is 42.3 Å². The Labute approximate surface area is 184 Å². The Kier molecular flexibility index (Phi) is 8.19. The third-order valence-electron chi connectivity index (χ3n) is 4.25. The van der Waals surface area contributed by atoms with Crippen molar-refractivity contribution < 1.29 is 31.1 Å². The fourth-order valence-corrected chi connectivity index (χ4v) is 3.76. The molecule has 6 nitrogen and oxygen atoms in total. The molecule has 0 heterocycles. The summed E-state index contributed by atoms with van der Waals surface area (Å²) in [4.78, 5) is 12.2. The molecule has 2 rings (SSSR count). The molecule has 0 aliphatic rings. The van der Waals surface area contributed by atoms with E-state index >= 15 is 0 Å². The zero-order valence-corrected chi connectivity index (χ0v) is 18.4. The highest BCUT2D eigenvalue weighted by Gasteiger charge is 2.33. The molecular weight excluding hydrogens is 457 g/mol. The van der Waals surface area contributed by atoms with Crippen molar-refractivity contribution in [3.8, 4) is 5.75 Å². The Morgan fingerprint density at radius 3 is 2.35 bits per heavy atom. The summed E-state index contributed by atoms with van der Waals surface area (Å²) in [7, 11) is -4.09. The summed E-state index contributed by atoms with van der Waals surface area (Å²) < 4.78 is 69.3. The molecule has 0 saturated carbocycles. The van der Waals surface area contributed by atoms with Gasteiger partial charge in [-0.1, -0.05) is 30.7 Å². The van der Waals surface area contributed by atoms with Gasteiger partial charge in [-0.15, -0.1) is 0 Å². The maximum absolute atomic E-state index is 13.0. The minimum atomic E-state index is -4.70. The summed E-state index contributed by atoms with van der Waals surface area (Å²) in [6, 6.07) is 9.68. The van der Waals surface area contributed by atoms with Crippen molar-refractivity contribution in [2.24, 2.45) is 0 Å². The quantitative estimate of drug-likeness (QED) is 0.555. The molecular formula is C20H22ClF3N2O4S. The van der Waals surface area contributed by atoms with Crippen molar-refractivity contribution in [2.45, 2.75) is 19.5 Å². The molecule has 170 valence electrons. The molecule has 0 aliphatic carbocycles. The van der Waals surface area contributed by atoms with Gasteiger partial charge in [0, 0.05) is 0 Å². The van der Waals surface area contributed by atoms with E-state index in [2.05, 4.69) is 5.32 Å². The number of hydrogen-bond acceptors (Lipinski definition) is 4. The molecule has 0 radical (unpaired) electrons. The number of amides is 1. The molecule has 0 unspecified atom stereocenters. The molecule has 0 atom stereocenters. The Hall–Kier alpha value is -2.46. The van der Waals surface area contributed by atoms with Crippen molar-refractivity contribution in [3.63, 3.8) is 0 Å². The zero-order valence-electron chi connectivity index (χ0n) is 16.9. The van der Waals surface area contributed by atoms with E-state index in [-0.39, 0.29) is 18.2 Å². The molecule has 0 aliphatic heterocycles. The highest BCUT2D eigenvalue weighted by molar-refractivity contribution is 7.92. The predicted octanol–water partition coefficient (Wildman–Crippen LogP) is 3.88. The molecule has 2 aromatic carbocycles. The number of nitrogens with one attached hydrogen (secondary N) is 1. The van der Waals surface area contributed by atoms with Crippen LogP contribution in [0.2, 0.25) is 5.02 Å². The van der Waals surface area contributed by atoms with Crippen molar-refractivity contribution in [1.29, 1.82) is 0 Å². The second-order valence-corrected chi connectivity index (χ2v) is 8.94. The SMILES string of the molecule is CCc1ccc(OCCNC(=O)CN(c2cc(C(F)(F)F)ccc2Cl)S(C)(=O)=O)cc1. The van der Waals surface area contributed by atoms with Crippen molar-refractivity contribution in [1.82, 2.24) is 5.32 Å². The first-order valence-corrected chi connectivity index (χ1v) is 11.5. The van der Waals surface area contributed by atoms with Crippen LogP contribution in [-0.4, -0.2) is 40.3 Å². The van der Waals surface area contributed by atoms with E-state index in [0.29, 0.717) is 16.1 Å². The number of benzene rings is 2. The van der Waals surface area contributed by atoms with Gasteiger partial charge in [0.15, 0.2) is 0 Å². The van der Waals surface area contributed by atoms with Crippen LogP contribution >= 0.6 is 11.6 Å². The molecule has 0 aromatic heterocycles. The highest BCUT2D eigenvalue weighted by atomic mass is 35.5. The molecule has 0 fully saturated rings. The van der Waals surface area contributed by atoms with Gasteiger partial charge < -0.3 is 10.1 Å². The molecule has 0 saturated heterocycles. The average Bonchev–Trinajstić information content (AvgIpc) is 2.69. The van der Waals surface area contributed by atoms with Crippen LogP contribution in [0.5, 0.6) is 5.75 Å². The lowest BCUT2D eigenvalue weighted by atomic mass is 10.2. The van der Waals surface area contributed by atoms with Gasteiger partial charge >= 0.3 is 6.18 Å². The molecule has 1 amide bonds. The van der Waals surface area contributed by atoms with Gasteiger partial charge in [-0.2, -0.15) is 13.2 Å². The van der Waals surface area contributed by atoms with Gasteiger partial charge in [-0.3, -0.25) is 9.10 Å². The van der Waals surface area contributed by atoms with Crippen molar-refractivity contribution in [3.05, 3.63) is 58.6 Å². The number of carbonyl (C=O) groups excluding carboxylic acids is 1. The molecule has 2 aromatic rings. The average molecular weight is 479 g/mol. The van der Waals surface area contributed by atoms with Gasteiger partial charge in [0.25, 0.3) is 0 Å². The first-order chi connectivity index (χ1) is 14.4. The Balaban J connectivity index is 2.02. The minimum absolute atomic E-state index is 0.0717. The van der Waals surface area contributed by atoms with Gasteiger partial charge in [0.2, 0.25) is 15.9 Å². The van der Waals surface area contributed by atoms with E-state index in [1.165, 1.54) is 0 Å². The molecule has 1 N–H and O–H groups in total.